The Balaban J connectivity index is 1.65. The maximum absolute atomic E-state index is 10.6. The van der Waals surface area contributed by atoms with Gasteiger partial charge in [-0.2, -0.15) is 4.80 Å². The molecular weight excluding hydrogens is 334 g/mol. The summed E-state index contributed by atoms with van der Waals surface area (Å²) < 4.78 is 5.79. The van der Waals surface area contributed by atoms with Gasteiger partial charge >= 0.3 is 5.97 Å². The smallest absolute Gasteiger partial charge is 0.304 e. The third-order valence-electron chi connectivity index (χ3n) is 3.66. The number of aromatic nitrogens is 4. The number of rotatable bonds is 7. The molecule has 1 atom stereocenters. The van der Waals surface area contributed by atoms with E-state index in [9.17, 15) is 4.79 Å². The number of carbonyl (C=O) groups is 1. The summed E-state index contributed by atoms with van der Waals surface area (Å²) in [5.41, 5.74) is 7.68. The number of nitrogens with zero attached hydrogens (tertiary/aromatic N) is 4. The highest BCUT2D eigenvalue weighted by molar-refractivity contribution is 5.67. The van der Waals surface area contributed by atoms with Gasteiger partial charge in [-0.05, 0) is 48.5 Å². The summed E-state index contributed by atoms with van der Waals surface area (Å²) in [6.07, 6.45) is -0.151. The van der Waals surface area contributed by atoms with Crippen molar-refractivity contribution in [2.45, 2.75) is 25.9 Å². The van der Waals surface area contributed by atoms with Crippen molar-refractivity contribution in [1.82, 2.24) is 20.2 Å². The van der Waals surface area contributed by atoms with Crippen LogP contribution in [0.1, 0.15) is 12.0 Å². The lowest BCUT2D eigenvalue weighted by Gasteiger charge is -2.06. The van der Waals surface area contributed by atoms with Crippen LogP contribution in [-0.2, 0) is 11.3 Å². The average molecular weight is 353 g/mol. The zero-order chi connectivity index (χ0) is 18.5. The number of carboxylic acid groups (broad SMARTS) is 1. The summed E-state index contributed by atoms with van der Waals surface area (Å²) in [6.45, 7) is 2.21. The quantitative estimate of drug-likeness (QED) is 0.669. The van der Waals surface area contributed by atoms with Gasteiger partial charge in [0.05, 0.1) is 13.0 Å². The SMILES string of the molecule is Cc1ccc(Oc2ccc(-c3nnn(CC(N)CC(=O)O)n3)cc2)cc1. The van der Waals surface area contributed by atoms with Crippen LogP contribution in [-0.4, -0.2) is 37.3 Å². The minimum Gasteiger partial charge on any atom is -0.481 e. The molecule has 8 nitrogen and oxygen atoms in total. The van der Waals surface area contributed by atoms with E-state index in [1.54, 1.807) is 0 Å². The Labute approximate surface area is 150 Å². The molecule has 2 aromatic carbocycles. The fourth-order valence-electron chi connectivity index (χ4n) is 2.35. The molecule has 26 heavy (non-hydrogen) atoms. The minimum absolute atomic E-state index is 0.151. The van der Waals surface area contributed by atoms with Crippen molar-refractivity contribution in [2.24, 2.45) is 5.73 Å². The molecule has 1 unspecified atom stereocenters. The number of aryl methyl sites for hydroxylation is 1. The Morgan fingerprint density at radius 3 is 2.38 bits per heavy atom. The number of nitrogens with two attached hydrogens (primary N) is 1. The number of ether oxygens (including phenoxy) is 1. The Morgan fingerprint density at radius 1 is 1.15 bits per heavy atom. The fraction of sp³-hybridized carbons (Fsp3) is 0.222. The molecule has 0 radical (unpaired) electrons. The predicted molar refractivity (Wildman–Crippen MR) is 94.7 cm³/mol. The van der Waals surface area contributed by atoms with E-state index in [1.807, 2.05) is 55.5 Å². The summed E-state index contributed by atoms with van der Waals surface area (Å²) in [4.78, 5) is 12.0. The van der Waals surface area contributed by atoms with Crippen LogP contribution in [0.2, 0.25) is 0 Å². The van der Waals surface area contributed by atoms with Crippen molar-refractivity contribution in [3.63, 3.8) is 0 Å². The monoisotopic (exact) mass is 353 g/mol. The van der Waals surface area contributed by atoms with E-state index in [2.05, 4.69) is 15.4 Å². The molecule has 0 fully saturated rings. The van der Waals surface area contributed by atoms with Crippen LogP contribution in [0.5, 0.6) is 11.5 Å². The Bertz CT molecular complexity index is 875. The van der Waals surface area contributed by atoms with E-state index >= 15 is 0 Å². The van der Waals surface area contributed by atoms with Crippen molar-refractivity contribution in [1.29, 1.82) is 0 Å². The van der Waals surface area contributed by atoms with Crippen molar-refractivity contribution in [3.05, 3.63) is 54.1 Å². The molecule has 8 heteroatoms. The van der Waals surface area contributed by atoms with Crippen molar-refractivity contribution < 1.29 is 14.6 Å². The van der Waals surface area contributed by atoms with Crippen LogP contribution in [0, 0.1) is 6.92 Å². The number of carboxylic acids is 1. The number of benzene rings is 2. The first kappa shape index (κ1) is 17.6. The van der Waals surface area contributed by atoms with Gasteiger partial charge in [0.25, 0.3) is 0 Å². The molecule has 1 heterocycles. The average Bonchev–Trinajstić information content (AvgIpc) is 3.05. The summed E-state index contributed by atoms with van der Waals surface area (Å²) in [6, 6.07) is 14.6. The Morgan fingerprint density at radius 2 is 1.77 bits per heavy atom. The second kappa shape index (κ2) is 7.75. The molecule has 3 aromatic rings. The van der Waals surface area contributed by atoms with Gasteiger partial charge in [-0.15, -0.1) is 10.2 Å². The maximum Gasteiger partial charge on any atom is 0.304 e. The van der Waals surface area contributed by atoms with Crippen molar-refractivity contribution in [3.8, 4) is 22.9 Å². The van der Waals surface area contributed by atoms with Gasteiger partial charge in [0.1, 0.15) is 11.5 Å². The van der Waals surface area contributed by atoms with E-state index in [4.69, 9.17) is 15.6 Å². The van der Waals surface area contributed by atoms with E-state index in [-0.39, 0.29) is 13.0 Å². The first-order valence-corrected chi connectivity index (χ1v) is 8.10. The van der Waals surface area contributed by atoms with Crippen molar-refractivity contribution in [2.75, 3.05) is 0 Å². The van der Waals surface area contributed by atoms with Crippen LogP contribution < -0.4 is 10.5 Å². The second-order valence-corrected chi connectivity index (χ2v) is 5.97. The molecule has 0 saturated heterocycles. The van der Waals surface area contributed by atoms with Crippen LogP contribution in [0.4, 0.5) is 0 Å². The molecule has 0 amide bonds. The summed E-state index contributed by atoms with van der Waals surface area (Å²) in [5, 5.41) is 20.9. The van der Waals surface area contributed by atoms with Crippen LogP contribution in [0.3, 0.4) is 0 Å². The molecule has 0 spiro atoms. The lowest BCUT2D eigenvalue weighted by Crippen LogP contribution is -2.30. The summed E-state index contributed by atoms with van der Waals surface area (Å²) in [7, 11) is 0. The molecule has 3 rings (SSSR count). The maximum atomic E-state index is 10.6. The normalized spacial score (nSPS) is 11.9. The van der Waals surface area contributed by atoms with E-state index in [0.717, 1.165) is 11.3 Å². The van der Waals surface area contributed by atoms with Crippen LogP contribution in [0.15, 0.2) is 48.5 Å². The number of hydrogen-bond donors (Lipinski definition) is 2. The number of aliphatic carboxylic acids is 1. The number of tetrazole rings is 1. The molecule has 0 aliphatic rings. The second-order valence-electron chi connectivity index (χ2n) is 5.97. The van der Waals surface area contributed by atoms with E-state index < -0.39 is 12.0 Å². The molecule has 3 N–H and O–H groups in total. The molecular formula is C18H19N5O3. The molecule has 0 saturated carbocycles. The van der Waals surface area contributed by atoms with Gasteiger partial charge in [-0.1, -0.05) is 17.7 Å². The predicted octanol–water partition coefficient (Wildman–Crippen LogP) is 2.24. The zero-order valence-electron chi connectivity index (χ0n) is 14.2. The summed E-state index contributed by atoms with van der Waals surface area (Å²) in [5.74, 6) is 0.949. The topological polar surface area (TPSA) is 116 Å². The third-order valence-corrected chi connectivity index (χ3v) is 3.66. The highest BCUT2D eigenvalue weighted by Gasteiger charge is 2.12. The fourth-order valence-corrected chi connectivity index (χ4v) is 2.35. The lowest BCUT2D eigenvalue weighted by atomic mass is 10.2. The van der Waals surface area contributed by atoms with Crippen LogP contribution >= 0.6 is 0 Å². The zero-order valence-corrected chi connectivity index (χ0v) is 14.2. The van der Waals surface area contributed by atoms with Gasteiger partial charge in [0.2, 0.25) is 5.82 Å². The number of hydrogen-bond acceptors (Lipinski definition) is 6. The molecule has 134 valence electrons. The third kappa shape index (κ3) is 4.64. The first-order chi connectivity index (χ1) is 12.5. The van der Waals surface area contributed by atoms with E-state index in [0.29, 0.717) is 11.6 Å². The summed E-state index contributed by atoms with van der Waals surface area (Å²) >= 11 is 0. The Kier molecular flexibility index (Phi) is 5.23. The molecule has 0 aliphatic heterocycles. The first-order valence-electron chi connectivity index (χ1n) is 8.10. The van der Waals surface area contributed by atoms with Gasteiger partial charge in [-0.25, -0.2) is 0 Å². The van der Waals surface area contributed by atoms with Gasteiger partial charge < -0.3 is 15.6 Å². The standard InChI is InChI=1S/C18H19N5O3/c1-12-2-6-15(7-3-12)26-16-8-4-13(5-9-16)18-20-22-23(21-18)11-14(19)10-17(24)25/h2-9,14H,10-11,19H2,1H3,(H,24,25). The van der Waals surface area contributed by atoms with Crippen LogP contribution in [0.25, 0.3) is 11.4 Å². The molecule has 0 bridgehead atoms. The lowest BCUT2D eigenvalue weighted by molar-refractivity contribution is -0.137. The highest BCUT2D eigenvalue weighted by Crippen LogP contribution is 2.24. The Hall–Kier alpha value is -3.26. The van der Waals surface area contributed by atoms with Gasteiger partial charge in [0.15, 0.2) is 0 Å². The largest absolute Gasteiger partial charge is 0.481 e. The highest BCUT2D eigenvalue weighted by atomic mass is 16.5. The van der Waals surface area contributed by atoms with Crippen molar-refractivity contribution >= 4 is 5.97 Å². The van der Waals surface area contributed by atoms with Gasteiger partial charge in [0, 0.05) is 11.6 Å². The minimum atomic E-state index is -0.956. The molecule has 1 aromatic heterocycles. The van der Waals surface area contributed by atoms with Gasteiger partial charge in [-0.3, -0.25) is 4.79 Å². The molecule has 0 aliphatic carbocycles. The van der Waals surface area contributed by atoms with E-state index in [1.165, 1.54) is 10.4 Å².